The molecule has 0 unspecified atom stereocenters. The van der Waals surface area contributed by atoms with E-state index in [1.165, 1.54) is 0 Å². The van der Waals surface area contributed by atoms with Crippen molar-refractivity contribution in [2.45, 2.75) is 0 Å². The molecular formula is C15H7BrO3. The van der Waals surface area contributed by atoms with Crippen LogP contribution in [-0.2, 0) is 0 Å². The predicted molar refractivity (Wildman–Crippen MR) is 77.5 cm³/mol. The van der Waals surface area contributed by atoms with E-state index in [0.717, 1.165) is 9.86 Å². The van der Waals surface area contributed by atoms with E-state index in [1.807, 2.05) is 30.3 Å². The fourth-order valence-corrected chi connectivity index (χ4v) is 2.61. The Labute approximate surface area is 115 Å². The average molecular weight is 315 g/mol. The van der Waals surface area contributed by atoms with Gasteiger partial charge in [-0.05, 0) is 30.3 Å². The number of fused-ring (bicyclic) bond motifs is 4. The van der Waals surface area contributed by atoms with Crippen molar-refractivity contribution in [2.24, 2.45) is 0 Å². The quantitative estimate of drug-likeness (QED) is 0.481. The van der Waals surface area contributed by atoms with Gasteiger partial charge < -0.3 is 8.83 Å². The van der Waals surface area contributed by atoms with Crippen LogP contribution in [0, 0.1) is 0 Å². The van der Waals surface area contributed by atoms with Gasteiger partial charge in [-0.1, -0.05) is 28.1 Å². The van der Waals surface area contributed by atoms with Crippen LogP contribution in [0.3, 0.4) is 0 Å². The highest BCUT2D eigenvalue weighted by molar-refractivity contribution is 9.10. The normalized spacial score (nSPS) is 11.6. The number of furan rings is 1. The molecule has 2 aromatic heterocycles. The third kappa shape index (κ3) is 1.47. The number of hydrogen-bond acceptors (Lipinski definition) is 3. The fourth-order valence-electron chi connectivity index (χ4n) is 2.27. The van der Waals surface area contributed by atoms with Crippen molar-refractivity contribution in [3.05, 3.63) is 57.2 Å². The largest absolute Gasteiger partial charge is 0.452 e. The van der Waals surface area contributed by atoms with E-state index in [2.05, 4.69) is 15.9 Å². The second-order valence-electron chi connectivity index (χ2n) is 4.33. The first-order valence-corrected chi connectivity index (χ1v) is 6.57. The maximum atomic E-state index is 12.4. The van der Waals surface area contributed by atoms with Crippen molar-refractivity contribution in [3.63, 3.8) is 0 Å². The lowest BCUT2D eigenvalue weighted by molar-refractivity contribution is 0.630. The summed E-state index contributed by atoms with van der Waals surface area (Å²) in [6.07, 6.45) is 0. The van der Waals surface area contributed by atoms with Crippen LogP contribution in [0.4, 0.5) is 0 Å². The highest BCUT2D eigenvalue weighted by Gasteiger charge is 2.15. The molecule has 0 fully saturated rings. The molecule has 0 saturated heterocycles. The Balaban J connectivity index is 2.32. The van der Waals surface area contributed by atoms with Crippen LogP contribution in [0.5, 0.6) is 0 Å². The molecule has 0 amide bonds. The summed E-state index contributed by atoms with van der Waals surface area (Å²) in [6, 6.07) is 12.8. The first-order valence-electron chi connectivity index (χ1n) is 5.77. The minimum atomic E-state index is -0.135. The van der Waals surface area contributed by atoms with Crippen LogP contribution < -0.4 is 5.43 Å². The van der Waals surface area contributed by atoms with Gasteiger partial charge >= 0.3 is 0 Å². The topological polar surface area (TPSA) is 43.4 Å². The minimum absolute atomic E-state index is 0.135. The van der Waals surface area contributed by atoms with Gasteiger partial charge in [0.05, 0.1) is 10.8 Å². The smallest absolute Gasteiger partial charge is 0.235 e. The fraction of sp³-hybridized carbons (Fsp3) is 0. The monoisotopic (exact) mass is 314 g/mol. The minimum Gasteiger partial charge on any atom is -0.452 e. The van der Waals surface area contributed by atoms with E-state index in [4.69, 9.17) is 8.83 Å². The van der Waals surface area contributed by atoms with Gasteiger partial charge in [-0.3, -0.25) is 4.79 Å². The molecule has 0 radical (unpaired) electrons. The second-order valence-corrected chi connectivity index (χ2v) is 5.24. The maximum absolute atomic E-state index is 12.4. The molecule has 0 spiro atoms. The lowest BCUT2D eigenvalue weighted by Gasteiger charge is -1.95. The molecule has 3 nitrogen and oxygen atoms in total. The van der Waals surface area contributed by atoms with E-state index in [9.17, 15) is 4.79 Å². The number of para-hydroxylation sites is 1. The Morgan fingerprint density at radius 2 is 1.63 bits per heavy atom. The number of rotatable bonds is 0. The van der Waals surface area contributed by atoms with Crippen molar-refractivity contribution in [1.29, 1.82) is 0 Å². The van der Waals surface area contributed by atoms with E-state index >= 15 is 0 Å². The van der Waals surface area contributed by atoms with Crippen molar-refractivity contribution >= 4 is 49.0 Å². The van der Waals surface area contributed by atoms with Crippen LogP contribution in [0.1, 0.15) is 0 Å². The molecule has 4 heteroatoms. The molecule has 0 aliphatic carbocycles. The third-order valence-corrected chi connectivity index (χ3v) is 3.65. The molecule has 19 heavy (non-hydrogen) atoms. The predicted octanol–water partition coefficient (Wildman–Crippen LogP) is 4.45. The van der Waals surface area contributed by atoms with Crippen LogP contribution in [0.25, 0.3) is 33.1 Å². The van der Waals surface area contributed by atoms with E-state index < -0.39 is 0 Å². The van der Waals surface area contributed by atoms with Crippen molar-refractivity contribution in [1.82, 2.24) is 0 Å². The van der Waals surface area contributed by atoms with Gasteiger partial charge in [-0.2, -0.15) is 0 Å². The Morgan fingerprint density at radius 1 is 0.842 bits per heavy atom. The lowest BCUT2D eigenvalue weighted by Crippen LogP contribution is -1.99. The molecule has 0 aliphatic heterocycles. The van der Waals surface area contributed by atoms with Gasteiger partial charge in [0.15, 0.2) is 5.58 Å². The molecule has 0 atom stereocenters. The summed E-state index contributed by atoms with van der Waals surface area (Å²) < 4.78 is 12.3. The molecule has 0 saturated carbocycles. The molecule has 2 aromatic carbocycles. The zero-order chi connectivity index (χ0) is 13.0. The SMILES string of the molecule is O=c1c2ccccc2oc2c1oc1cc(Br)ccc12. The first kappa shape index (κ1) is 10.8. The molecule has 4 aromatic rings. The Hall–Kier alpha value is -2.07. The van der Waals surface area contributed by atoms with Gasteiger partial charge in [0.25, 0.3) is 0 Å². The van der Waals surface area contributed by atoms with E-state index in [0.29, 0.717) is 22.1 Å². The second kappa shape index (κ2) is 3.71. The summed E-state index contributed by atoms with van der Waals surface area (Å²) in [5, 5.41) is 1.34. The zero-order valence-electron chi connectivity index (χ0n) is 9.64. The number of benzene rings is 2. The molecule has 92 valence electrons. The van der Waals surface area contributed by atoms with Gasteiger partial charge in [0.1, 0.15) is 11.2 Å². The van der Waals surface area contributed by atoms with Gasteiger partial charge in [-0.15, -0.1) is 0 Å². The lowest BCUT2D eigenvalue weighted by atomic mass is 10.2. The Kier molecular flexibility index (Phi) is 2.11. The van der Waals surface area contributed by atoms with Crippen molar-refractivity contribution in [2.75, 3.05) is 0 Å². The summed E-state index contributed by atoms with van der Waals surface area (Å²) in [6.45, 7) is 0. The van der Waals surface area contributed by atoms with Gasteiger partial charge in [-0.25, -0.2) is 0 Å². The zero-order valence-corrected chi connectivity index (χ0v) is 11.2. The van der Waals surface area contributed by atoms with E-state index in [1.54, 1.807) is 12.1 Å². The Bertz CT molecular complexity index is 995. The molecule has 4 rings (SSSR count). The third-order valence-electron chi connectivity index (χ3n) is 3.16. The highest BCUT2D eigenvalue weighted by Crippen LogP contribution is 2.30. The first-order chi connectivity index (χ1) is 9.24. The van der Waals surface area contributed by atoms with Crippen LogP contribution in [-0.4, -0.2) is 0 Å². The molecular weight excluding hydrogens is 308 g/mol. The standard InChI is InChI=1S/C15H7BrO3/c16-8-5-6-10-12(7-8)19-15-13(17)9-3-1-2-4-11(9)18-14(10)15/h1-7H. The van der Waals surface area contributed by atoms with Crippen LogP contribution in [0.15, 0.2) is 60.6 Å². The highest BCUT2D eigenvalue weighted by atomic mass is 79.9. The number of halogens is 1. The summed E-state index contributed by atoms with van der Waals surface area (Å²) >= 11 is 3.38. The average Bonchev–Trinajstić information content (AvgIpc) is 2.77. The van der Waals surface area contributed by atoms with Gasteiger partial charge in [0, 0.05) is 4.47 Å². The van der Waals surface area contributed by atoms with Crippen LogP contribution in [0.2, 0.25) is 0 Å². The van der Waals surface area contributed by atoms with E-state index in [-0.39, 0.29) is 11.0 Å². The maximum Gasteiger partial charge on any atom is 0.235 e. The summed E-state index contributed by atoms with van der Waals surface area (Å²) in [4.78, 5) is 12.4. The number of hydrogen-bond donors (Lipinski definition) is 0. The Morgan fingerprint density at radius 3 is 2.53 bits per heavy atom. The molecule has 0 N–H and O–H groups in total. The van der Waals surface area contributed by atoms with Crippen molar-refractivity contribution in [3.8, 4) is 0 Å². The summed E-state index contributed by atoms with van der Waals surface area (Å²) in [7, 11) is 0. The van der Waals surface area contributed by atoms with Crippen molar-refractivity contribution < 1.29 is 8.83 Å². The van der Waals surface area contributed by atoms with Crippen LogP contribution >= 0.6 is 15.9 Å². The summed E-state index contributed by atoms with van der Waals surface area (Å²) in [5.74, 6) is 0. The molecule has 2 heterocycles. The molecule has 0 bridgehead atoms. The summed E-state index contributed by atoms with van der Waals surface area (Å²) in [5.41, 5.74) is 1.85. The van der Waals surface area contributed by atoms with Gasteiger partial charge in [0.2, 0.25) is 11.0 Å². The molecule has 0 aliphatic rings.